The Hall–Kier alpha value is -2.46. The zero-order valence-corrected chi connectivity index (χ0v) is 15.7. The van der Waals surface area contributed by atoms with Crippen molar-refractivity contribution in [3.05, 3.63) is 18.2 Å². The van der Waals surface area contributed by atoms with Crippen molar-refractivity contribution in [1.29, 1.82) is 0 Å². The molecule has 0 saturated carbocycles. The molecule has 1 aromatic carbocycles. The van der Waals surface area contributed by atoms with E-state index >= 15 is 0 Å². The van der Waals surface area contributed by atoms with E-state index in [9.17, 15) is 22.8 Å². The Morgan fingerprint density at radius 3 is 2.26 bits per heavy atom. The predicted octanol–water partition coefficient (Wildman–Crippen LogP) is 0.235. The van der Waals surface area contributed by atoms with E-state index in [2.05, 4.69) is 0 Å². The lowest BCUT2D eigenvalue weighted by Crippen LogP contribution is -2.41. The number of piperidine rings is 1. The lowest BCUT2D eigenvalue weighted by atomic mass is 9.98. The molecular formula is C17H21N3O6S. The highest BCUT2D eigenvalue weighted by molar-refractivity contribution is 7.89. The molecule has 0 atom stereocenters. The number of rotatable bonds is 5. The molecule has 1 aromatic rings. The Labute approximate surface area is 157 Å². The maximum atomic E-state index is 13.0. The molecule has 3 rings (SSSR count). The number of nitrogens with zero attached hydrogens (tertiary/aromatic N) is 2. The number of sulfonamides is 1. The van der Waals surface area contributed by atoms with Crippen LogP contribution in [0, 0.1) is 5.92 Å². The molecule has 9 nitrogen and oxygen atoms in total. The number of imide groups is 1. The van der Waals surface area contributed by atoms with Gasteiger partial charge in [-0.25, -0.2) is 13.3 Å². The van der Waals surface area contributed by atoms with Gasteiger partial charge in [-0.05, 0) is 31.0 Å². The summed E-state index contributed by atoms with van der Waals surface area (Å²) in [6, 6.07) is 4.09. The highest BCUT2D eigenvalue weighted by atomic mass is 32.2. The second kappa shape index (κ2) is 7.28. The summed E-state index contributed by atoms with van der Waals surface area (Å²) >= 11 is 0. The molecule has 2 heterocycles. The fraction of sp³-hybridized carbons (Fsp3) is 0.471. The van der Waals surface area contributed by atoms with Crippen molar-refractivity contribution < 1.29 is 27.5 Å². The summed E-state index contributed by atoms with van der Waals surface area (Å²) < 4.78 is 32.4. The Balaban J connectivity index is 1.93. The molecule has 0 unspecified atom stereocenters. The first-order valence-electron chi connectivity index (χ1n) is 8.59. The second-order valence-corrected chi connectivity index (χ2v) is 8.48. The zero-order chi connectivity index (χ0) is 19.8. The SMILES string of the molecule is COc1ccc(S(=O)(=O)N2CCC(C(N)=O)CC2)cc1N1C(=O)CCC1=O. The summed E-state index contributed by atoms with van der Waals surface area (Å²) in [6.07, 6.45) is 0.889. The van der Waals surface area contributed by atoms with Crippen LogP contribution in [-0.2, 0) is 24.4 Å². The first-order valence-corrected chi connectivity index (χ1v) is 10.0. The summed E-state index contributed by atoms with van der Waals surface area (Å²) in [6.45, 7) is 0.359. The van der Waals surface area contributed by atoms with Gasteiger partial charge in [0.1, 0.15) is 5.75 Å². The standard InChI is InChI=1S/C17H21N3O6S/c1-26-14-3-2-12(10-13(14)20-15(21)4-5-16(20)22)27(24,25)19-8-6-11(7-9-19)17(18)23/h2-3,10-11H,4-9H2,1H3,(H2,18,23). The maximum absolute atomic E-state index is 13.0. The van der Waals surface area contributed by atoms with Gasteiger partial charge < -0.3 is 10.5 Å². The minimum atomic E-state index is -3.85. The van der Waals surface area contributed by atoms with E-state index in [1.165, 1.54) is 29.6 Å². The van der Waals surface area contributed by atoms with Crippen LogP contribution in [0.25, 0.3) is 0 Å². The molecular weight excluding hydrogens is 374 g/mol. The molecule has 0 aromatic heterocycles. The number of anilines is 1. The highest BCUT2D eigenvalue weighted by Crippen LogP contribution is 2.35. The number of primary amides is 1. The number of methoxy groups -OCH3 is 1. The molecule has 27 heavy (non-hydrogen) atoms. The second-order valence-electron chi connectivity index (χ2n) is 6.54. The van der Waals surface area contributed by atoms with Gasteiger partial charge in [-0.3, -0.25) is 14.4 Å². The third-order valence-electron chi connectivity index (χ3n) is 4.94. The topological polar surface area (TPSA) is 127 Å². The van der Waals surface area contributed by atoms with Gasteiger partial charge in [0.2, 0.25) is 27.7 Å². The van der Waals surface area contributed by atoms with Crippen LogP contribution in [0.4, 0.5) is 5.69 Å². The minimum absolute atomic E-state index is 0.0386. The molecule has 10 heteroatoms. The zero-order valence-electron chi connectivity index (χ0n) is 14.9. The van der Waals surface area contributed by atoms with E-state index < -0.39 is 27.7 Å². The van der Waals surface area contributed by atoms with Crippen LogP contribution < -0.4 is 15.4 Å². The summed E-state index contributed by atoms with van der Waals surface area (Å²) in [4.78, 5) is 36.3. The Morgan fingerprint density at radius 2 is 1.74 bits per heavy atom. The average molecular weight is 395 g/mol. The molecule has 146 valence electrons. The van der Waals surface area contributed by atoms with Crippen molar-refractivity contribution in [2.45, 2.75) is 30.6 Å². The summed E-state index contributed by atoms with van der Waals surface area (Å²) in [5.41, 5.74) is 5.41. The van der Waals surface area contributed by atoms with Crippen molar-refractivity contribution in [1.82, 2.24) is 4.31 Å². The number of benzene rings is 1. The fourth-order valence-electron chi connectivity index (χ4n) is 3.38. The van der Waals surface area contributed by atoms with Gasteiger partial charge >= 0.3 is 0 Å². The first kappa shape index (κ1) is 19.3. The van der Waals surface area contributed by atoms with Crippen molar-refractivity contribution in [2.24, 2.45) is 11.7 Å². The van der Waals surface area contributed by atoms with E-state index in [0.717, 1.165) is 4.90 Å². The molecule has 0 bridgehead atoms. The van der Waals surface area contributed by atoms with Gasteiger partial charge in [0.25, 0.3) is 0 Å². The summed E-state index contributed by atoms with van der Waals surface area (Å²) in [5.74, 6) is -1.30. The minimum Gasteiger partial charge on any atom is -0.495 e. The molecule has 0 radical (unpaired) electrons. The average Bonchev–Trinajstić information content (AvgIpc) is 2.99. The van der Waals surface area contributed by atoms with Gasteiger partial charge in [0.15, 0.2) is 0 Å². The number of hydrogen-bond acceptors (Lipinski definition) is 6. The monoisotopic (exact) mass is 395 g/mol. The van der Waals surface area contributed by atoms with E-state index in [0.29, 0.717) is 12.8 Å². The number of hydrogen-bond donors (Lipinski definition) is 1. The van der Waals surface area contributed by atoms with Crippen LogP contribution in [0.15, 0.2) is 23.1 Å². The summed E-state index contributed by atoms with van der Waals surface area (Å²) in [7, 11) is -2.47. The van der Waals surface area contributed by atoms with Crippen LogP contribution in [0.2, 0.25) is 0 Å². The number of carbonyl (C=O) groups excluding carboxylic acids is 3. The van der Waals surface area contributed by atoms with Crippen molar-refractivity contribution in [3.8, 4) is 5.75 Å². The van der Waals surface area contributed by atoms with Gasteiger partial charge in [0.05, 0.1) is 17.7 Å². The Morgan fingerprint density at radius 1 is 1.15 bits per heavy atom. The van der Waals surface area contributed by atoms with Gasteiger partial charge in [-0.1, -0.05) is 0 Å². The fourth-order valence-corrected chi connectivity index (χ4v) is 4.87. The highest BCUT2D eigenvalue weighted by Gasteiger charge is 2.35. The number of amides is 3. The van der Waals surface area contributed by atoms with Crippen molar-refractivity contribution >= 4 is 33.4 Å². The van der Waals surface area contributed by atoms with Crippen LogP contribution in [-0.4, -0.2) is 50.6 Å². The van der Waals surface area contributed by atoms with Gasteiger partial charge in [0, 0.05) is 31.8 Å². The van der Waals surface area contributed by atoms with Crippen molar-refractivity contribution in [3.63, 3.8) is 0 Å². The smallest absolute Gasteiger partial charge is 0.243 e. The molecule has 2 fully saturated rings. The van der Waals surface area contributed by atoms with Gasteiger partial charge in [-0.2, -0.15) is 4.31 Å². The van der Waals surface area contributed by atoms with Crippen LogP contribution >= 0.6 is 0 Å². The predicted molar refractivity (Wildman–Crippen MR) is 95.4 cm³/mol. The molecule has 2 aliphatic heterocycles. The molecule has 3 amide bonds. The third kappa shape index (κ3) is 3.54. The normalized spacial score (nSPS) is 19.5. The molecule has 0 aliphatic carbocycles. The lowest BCUT2D eigenvalue weighted by Gasteiger charge is -2.30. The maximum Gasteiger partial charge on any atom is 0.243 e. The van der Waals surface area contributed by atoms with E-state index in [-0.39, 0.29) is 48.2 Å². The molecule has 0 spiro atoms. The van der Waals surface area contributed by atoms with Crippen LogP contribution in [0.3, 0.4) is 0 Å². The largest absolute Gasteiger partial charge is 0.495 e. The Bertz CT molecular complexity index is 874. The van der Waals surface area contributed by atoms with E-state index in [1.807, 2.05) is 0 Å². The lowest BCUT2D eigenvalue weighted by molar-refractivity contribution is -0.123. The Kier molecular flexibility index (Phi) is 5.20. The molecule has 2 saturated heterocycles. The quantitative estimate of drug-likeness (QED) is 0.711. The summed E-state index contributed by atoms with van der Waals surface area (Å²) in [5, 5.41) is 0. The number of ether oxygens (including phenoxy) is 1. The first-order chi connectivity index (χ1) is 12.8. The van der Waals surface area contributed by atoms with Crippen molar-refractivity contribution in [2.75, 3.05) is 25.1 Å². The molecule has 2 N–H and O–H groups in total. The van der Waals surface area contributed by atoms with Crippen LogP contribution in [0.5, 0.6) is 5.75 Å². The number of nitrogens with two attached hydrogens (primary N) is 1. The van der Waals surface area contributed by atoms with E-state index in [4.69, 9.17) is 10.5 Å². The van der Waals surface area contributed by atoms with Gasteiger partial charge in [-0.15, -0.1) is 0 Å². The van der Waals surface area contributed by atoms with E-state index in [1.54, 1.807) is 0 Å². The third-order valence-corrected chi connectivity index (χ3v) is 6.83. The van der Waals surface area contributed by atoms with Crippen LogP contribution in [0.1, 0.15) is 25.7 Å². The molecule has 2 aliphatic rings. The number of carbonyl (C=O) groups is 3.